The van der Waals surface area contributed by atoms with Gasteiger partial charge in [0.2, 0.25) is 17.1 Å². The fourth-order valence-electron chi connectivity index (χ4n) is 0.907. The van der Waals surface area contributed by atoms with Crippen LogP contribution in [0, 0.1) is 0 Å². The van der Waals surface area contributed by atoms with E-state index in [9.17, 15) is 4.79 Å². The molecule has 0 aliphatic heterocycles. The lowest BCUT2D eigenvalue weighted by molar-refractivity contribution is -0.121. The van der Waals surface area contributed by atoms with Crippen LogP contribution in [0.1, 0.15) is 20.3 Å². The molecular weight excluding hydrogens is 236 g/mol. The molecule has 0 bridgehead atoms. The summed E-state index contributed by atoms with van der Waals surface area (Å²) in [6, 6.07) is 0.332. The minimum Gasteiger partial charge on any atom is -0.354 e. The molecule has 0 aromatic heterocycles. The molecule has 16 heavy (non-hydrogen) atoms. The number of hydrogen-bond donors (Lipinski definition) is 5. The van der Waals surface area contributed by atoms with Crippen LogP contribution in [0.4, 0.5) is 0 Å². The highest BCUT2D eigenvalue weighted by atomic mass is 32.3. The third-order valence-electron chi connectivity index (χ3n) is 1.57. The van der Waals surface area contributed by atoms with Crippen molar-refractivity contribution in [3.63, 3.8) is 0 Å². The van der Waals surface area contributed by atoms with E-state index in [4.69, 9.17) is 13.7 Å². The summed E-state index contributed by atoms with van der Waals surface area (Å²) in [6.07, 6.45) is 0.341. The number of nitrogens with one attached hydrogen (secondary N) is 2. The first-order valence-corrected chi connectivity index (χ1v) is 6.39. The molecule has 0 aromatic carbocycles. The first-order chi connectivity index (χ1) is 7.31. The lowest BCUT2D eigenvalue weighted by atomic mass is 10.3. The summed E-state index contributed by atoms with van der Waals surface area (Å²) < 4.78 is 29.5. The van der Waals surface area contributed by atoms with Crippen LogP contribution in [0.25, 0.3) is 0 Å². The zero-order valence-corrected chi connectivity index (χ0v) is 10.3. The smallest absolute Gasteiger partial charge is 0.221 e. The quantitative estimate of drug-likeness (QED) is 0.408. The Morgan fingerprint density at radius 2 is 1.94 bits per heavy atom. The Morgan fingerprint density at radius 1 is 1.31 bits per heavy atom. The van der Waals surface area contributed by atoms with Crippen molar-refractivity contribution in [1.29, 1.82) is 0 Å². The Morgan fingerprint density at radius 3 is 2.44 bits per heavy atom. The molecule has 0 saturated heterocycles. The monoisotopic (exact) mass is 256 g/mol. The number of rotatable bonds is 8. The number of carbonyl (C=O) groups excluding carboxylic acids is 1. The van der Waals surface area contributed by atoms with Crippen LogP contribution in [-0.2, 0) is 8.98 Å². The molecule has 0 aliphatic rings. The van der Waals surface area contributed by atoms with Crippen molar-refractivity contribution >= 4 is 17.1 Å². The molecule has 8 heteroatoms. The highest BCUT2D eigenvalue weighted by molar-refractivity contribution is 8.15. The fourth-order valence-corrected chi connectivity index (χ4v) is 1.21. The van der Waals surface area contributed by atoms with Gasteiger partial charge >= 0.3 is 0 Å². The highest BCUT2D eigenvalue weighted by Crippen LogP contribution is 2.32. The van der Waals surface area contributed by atoms with Gasteiger partial charge in [0.1, 0.15) is 0 Å². The summed E-state index contributed by atoms with van der Waals surface area (Å²) >= 11 is -3.91. The summed E-state index contributed by atoms with van der Waals surface area (Å²) in [5.74, 6) is -0.161. The predicted molar refractivity (Wildman–Crippen MR) is 62.2 cm³/mol. The van der Waals surface area contributed by atoms with Crippen LogP contribution in [0.5, 0.6) is 0 Å². The van der Waals surface area contributed by atoms with Gasteiger partial charge in [0, 0.05) is 25.6 Å². The van der Waals surface area contributed by atoms with Crippen LogP contribution >= 0.6 is 11.2 Å². The Labute approximate surface area is 96.9 Å². The third kappa shape index (κ3) is 11.7. The molecule has 0 unspecified atom stereocenters. The molecule has 0 heterocycles. The van der Waals surface area contributed by atoms with E-state index in [1.54, 1.807) is 0 Å². The zero-order valence-electron chi connectivity index (χ0n) is 9.47. The lowest BCUT2D eigenvalue weighted by Gasteiger charge is -2.18. The molecule has 0 spiro atoms. The van der Waals surface area contributed by atoms with Gasteiger partial charge in [-0.3, -0.25) is 22.6 Å². The van der Waals surface area contributed by atoms with E-state index in [0.717, 1.165) is 0 Å². The number of hydrogen-bond acceptors (Lipinski definition) is 6. The van der Waals surface area contributed by atoms with Gasteiger partial charge in [0.15, 0.2) is 0 Å². The van der Waals surface area contributed by atoms with Crippen LogP contribution < -0.4 is 10.6 Å². The Kier molecular flexibility index (Phi) is 7.64. The van der Waals surface area contributed by atoms with Gasteiger partial charge in [0.05, 0.1) is 6.61 Å². The van der Waals surface area contributed by atoms with Crippen molar-refractivity contribution in [2.24, 2.45) is 0 Å². The van der Waals surface area contributed by atoms with E-state index >= 15 is 0 Å². The summed E-state index contributed by atoms with van der Waals surface area (Å²) in [4.78, 5) is 11.2. The number of amides is 1. The van der Waals surface area contributed by atoms with Crippen LogP contribution in [0.2, 0.25) is 0 Å². The largest absolute Gasteiger partial charge is 0.354 e. The molecule has 0 aliphatic carbocycles. The Balaban J connectivity index is 3.38. The van der Waals surface area contributed by atoms with E-state index < -0.39 is 11.2 Å². The fraction of sp³-hybridized carbons (Fsp3) is 0.875. The third-order valence-corrected chi connectivity index (χ3v) is 2.05. The molecule has 7 nitrogen and oxygen atoms in total. The minimum atomic E-state index is -3.91. The summed E-state index contributed by atoms with van der Waals surface area (Å²) in [6.45, 7) is 4.52. The van der Waals surface area contributed by atoms with Gasteiger partial charge < -0.3 is 10.6 Å². The molecule has 1 amide bonds. The van der Waals surface area contributed by atoms with Gasteiger partial charge in [-0.25, -0.2) is 0 Å². The van der Waals surface area contributed by atoms with Crippen molar-refractivity contribution in [2.45, 2.75) is 26.3 Å². The summed E-state index contributed by atoms with van der Waals surface area (Å²) in [7, 11) is 0. The zero-order chi connectivity index (χ0) is 12.6. The normalized spacial score (nSPS) is 12.9. The van der Waals surface area contributed by atoms with Crippen molar-refractivity contribution in [1.82, 2.24) is 10.6 Å². The average Bonchev–Trinajstić information content (AvgIpc) is 2.10. The topological polar surface area (TPSA) is 111 Å². The minimum absolute atomic E-state index is 0.122. The van der Waals surface area contributed by atoms with Crippen LogP contribution in [0.3, 0.4) is 0 Å². The second-order valence-electron chi connectivity index (χ2n) is 3.50. The van der Waals surface area contributed by atoms with E-state index in [-0.39, 0.29) is 19.1 Å². The first kappa shape index (κ1) is 15.6. The Bertz CT molecular complexity index is 207. The predicted octanol–water partition coefficient (Wildman–Crippen LogP) is 0.646. The van der Waals surface area contributed by atoms with E-state index in [0.29, 0.717) is 19.0 Å². The molecule has 5 N–H and O–H groups in total. The van der Waals surface area contributed by atoms with Crippen molar-refractivity contribution in [3.8, 4) is 0 Å². The van der Waals surface area contributed by atoms with Crippen molar-refractivity contribution < 1.29 is 22.6 Å². The molecular formula is C8H20N2O5S. The van der Waals surface area contributed by atoms with Crippen molar-refractivity contribution in [3.05, 3.63) is 0 Å². The molecule has 0 atom stereocenters. The van der Waals surface area contributed by atoms with E-state index in [1.807, 2.05) is 13.8 Å². The Hall–Kier alpha value is -0.380. The summed E-state index contributed by atoms with van der Waals surface area (Å²) in [5.41, 5.74) is 0. The van der Waals surface area contributed by atoms with E-state index in [2.05, 4.69) is 14.8 Å². The lowest BCUT2D eigenvalue weighted by Crippen LogP contribution is -2.32. The molecule has 98 valence electrons. The first-order valence-electron chi connectivity index (χ1n) is 4.96. The second kappa shape index (κ2) is 7.82. The SMILES string of the molecule is CC(C)NCCC(=O)NCCOS(O)(O)O. The van der Waals surface area contributed by atoms with Crippen LogP contribution in [-0.4, -0.2) is 45.3 Å². The van der Waals surface area contributed by atoms with Gasteiger partial charge in [-0.2, -0.15) is 0 Å². The maximum atomic E-state index is 11.2. The maximum absolute atomic E-state index is 11.2. The highest BCUT2D eigenvalue weighted by Gasteiger charge is 2.11. The molecule has 0 rings (SSSR count). The molecule has 0 radical (unpaired) electrons. The summed E-state index contributed by atoms with van der Waals surface area (Å²) in [5, 5.41) is 5.59. The molecule has 0 aromatic rings. The number of carbonyl (C=O) groups is 1. The van der Waals surface area contributed by atoms with Crippen molar-refractivity contribution in [2.75, 3.05) is 19.7 Å². The average molecular weight is 256 g/mol. The maximum Gasteiger partial charge on any atom is 0.221 e. The van der Waals surface area contributed by atoms with Crippen LogP contribution in [0.15, 0.2) is 0 Å². The van der Waals surface area contributed by atoms with Gasteiger partial charge in [-0.05, 0) is 0 Å². The standard InChI is InChI=1S/C8H20N2O5S/c1-7(2)9-4-3-8(11)10-5-6-15-16(12,13)14/h7,9,12-14H,3-6H2,1-2H3,(H,10,11). The molecule has 0 saturated carbocycles. The van der Waals surface area contributed by atoms with E-state index in [1.165, 1.54) is 0 Å². The second-order valence-corrected chi connectivity index (χ2v) is 4.67. The van der Waals surface area contributed by atoms with Gasteiger partial charge in [-0.1, -0.05) is 13.8 Å². The molecule has 0 fully saturated rings. The van der Waals surface area contributed by atoms with Gasteiger partial charge in [0.25, 0.3) is 0 Å². The van der Waals surface area contributed by atoms with Gasteiger partial charge in [-0.15, -0.1) is 0 Å².